The Labute approximate surface area is 217 Å². The van der Waals surface area contributed by atoms with Gasteiger partial charge in [-0.2, -0.15) is 5.10 Å². The molecular formula is C30H33N5O2. The molecule has 0 bridgehead atoms. The molecule has 4 aromatic rings. The Hall–Kier alpha value is -4.00. The lowest BCUT2D eigenvalue weighted by atomic mass is 10.0. The first-order valence-electron chi connectivity index (χ1n) is 13.3. The minimum atomic E-state index is -0.284. The number of aryl methyl sites for hydroxylation is 1. The number of hydrogen-bond acceptors (Lipinski definition) is 3. The number of para-hydroxylation sites is 1. The van der Waals surface area contributed by atoms with E-state index in [1.807, 2.05) is 53.8 Å². The third-order valence-electron chi connectivity index (χ3n) is 7.52. The smallest absolute Gasteiger partial charge is 0.318 e. The van der Waals surface area contributed by atoms with Crippen LogP contribution in [-0.2, 0) is 6.54 Å². The van der Waals surface area contributed by atoms with Gasteiger partial charge in [-0.3, -0.25) is 0 Å². The summed E-state index contributed by atoms with van der Waals surface area (Å²) in [6.07, 6.45) is 6.49. The summed E-state index contributed by atoms with van der Waals surface area (Å²) < 4.78 is 10.0. The number of nitrogens with zero attached hydrogens (tertiary/aromatic N) is 4. The number of amides is 2. The highest BCUT2D eigenvalue weighted by molar-refractivity contribution is 5.76. The maximum Gasteiger partial charge on any atom is 0.318 e. The van der Waals surface area contributed by atoms with Crippen LogP contribution in [0.5, 0.6) is 5.75 Å². The Bertz CT molecular complexity index is 1400. The van der Waals surface area contributed by atoms with Crippen molar-refractivity contribution in [1.29, 1.82) is 0 Å². The fraction of sp³-hybridized carbons (Fsp3) is 0.333. The van der Waals surface area contributed by atoms with Gasteiger partial charge >= 0.3 is 6.03 Å². The van der Waals surface area contributed by atoms with Crippen molar-refractivity contribution in [3.63, 3.8) is 0 Å². The predicted octanol–water partition coefficient (Wildman–Crippen LogP) is 5.93. The molecule has 0 unspecified atom stereocenters. The predicted molar refractivity (Wildman–Crippen MR) is 143 cm³/mol. The Morgan fingerprint density at radius 1 is 1.05 bits per heavy atom. The summed E-state index contributed by atoms with van der Waals surface area (Å²) in [4.78, 5) is 16.0. The molecule has 2 aromatic heterocycles. The summed E-state index contributed by atoms with van der Waals surface area (Å²) in [6.45, 7) is 5.07. The molecule has 7 nitrogen and oxygen atoms in total. The van der Waals surface area contributed by atoms with Gasteiger partial charge in [-0.25, -0.2) is 9.48 Å². The van der Waals surface area contributed by atoms with Gasteiger partial charge in [0.05, 0.1) is 36.3 Å². The molecule has 1 aliphatic heterocycles. The molecule has 1 fully saturated rings. The zero-order chi connectivity index (χ0) is 25.4. The first kappa shape index (κ1) is 23.4. The van der Waals surface area contributed by atoms with Crippen LogP contribution in [0.1, 0.15) is 61.2 Å². The normalized spacial score (nSPS) is 17.2. The summed E-state index contributed by atoms with van der Waals surface area (Å²) >= 11 is 0. The lowest BCUT2D eigenvalue weighted by molar-refractivity contribution is 0.176. The summed E-state index contributed by atoms with van der Waals surface area (Å²) in [7, 11) is 0. The number of benzene rings is 2. The standard InChI is InChI=1S/C30H33N5O2/c1-3-37-25-16-9-11-22(19-25)28-27-17-10-18-33(27)29-26(20-34(28)30(36)31-23-12-7-8-13-23)21(2)32-35(29)24-14-5-4-6-15-24/h4-6,9-11,14-19,23,28H,3,7-8,12-13,20H2,1-2H3,(H,31,36)/t28-/m1/s1. The highest BCUT2D eigenvalue weighted by atomic mass is 16.5. The van der Waals surface area contributed by atoms with Crippen molar-refractivity contribution >= 4 is 6.03 Å². The van der Waals surface area contributed by atoms with Gasteiger partial charge in [-0.15, -0.1) is 0 Å². The largest absolute Gasteiger partial charge is 0.494 e. The quantitative estimate of drug-likeness (QED) is 0.373. The van der Waals surface area contributed by atoms with Crippen molar-refractivity contribution in [3.8, 4) is 17.3 Å². The average molecular weight is 496 g/mol. The van der Waals surface area contributed by atoms with E-state index in [-0.39, 0.29) is 18.1 Å². The number of carbonyl (C=O) groups excluding carboxylic acids is 1. The summed E-state index contributed by atoms with van der Waals surface area (Å²) in [5, 5.41) is 8.28. The number of aromatic nitrogens is 3. The first-order chi connectivity index (χ1) is 18.1. The second kappa shape index (κ2) is 9.81. The van der Waals surface area contributed by atoms with Gasteiger partial charge in [-0.1, -0.05) is 43.2 Å². The van der Waals surface area contributed by atoms with Crippen molar-refractivity contribution in [2.24, 2.45) is 0 Å². The van der Waals surface area contributed by atoms with E-state index in [9.17, 15) is 4.79 Å². The van der Waals surface area contributed by atoms with E-state index in [2.05, 4.69) is 52.5 Å². The highest BCUT2D eigenvalue weighted by Gasteiger charge is 2.36. The third kappa shape index (κ3) is 4.28. The molecule has 1 atom stereocenters. The number of urea groups is 1. The third-order valence-corrected chi connectivity index (χ3v) is 7.52. The van der Waals surface area contributed by atoms with Crippen molar-refractivity contribution in [2.45, 2.75) is 58.2 Å². The Kier molecular flexibility index (Phi) is 6.20. The zero-order valence-corrected chi connectivity index (χ0v) is 21.4. The molecule has 190 valence electrons. The maximum atomic E-state index is 14.0. The minimum Gasteiger partial charge on any atom is -0.494 e. The van der Waals surface area contributed by atoms with Gasteiger partial charge in [0.2, 0.25) is 0 Å². The van der Waals surface area contributed by atoms with E-state index < -0.39 is 0 Å². The molecule has 1 N–H and O–H groups in total. The van der Waals surface area contributed by atoms with Crippen molar-refractivity contribution in [2.75, 3.05) is 6.61 Å². The van der Waals surface area contributed by atoms with E-state index in [0.717, 1.165) is 52.6 Å². The molecule has 1 saturated carbocycles. The van der Waals surface area contributed by atoms with Gasteiger partial charge in [0.15, 0.2) is 0 Å². The van der Waals surface area contributed by atoms with Crippen LogP contribution in [-0.4, -0.2) is 37.9 Å². The molecule has 2 aromatic carbocycles. The topological polar surface area (TPSA) is 64.3 Å². The van der Waals surface area contributed by atoms with Crippen molar-refractivity contribution in [1.82, 2.24) is 24.6 Å². The lowest BCUT2D eigenvalue weighted by Crippen LogP contribution is -2.45. The molecule has 37 heavy (non-hydrogen) atoms. The van der Waals surface area contributed by atoms with Crippen LogP contribution < -0.4 is 10.1 Å². The van der Waals surface area contributed by atoms with Crippen molar-refractivity contribution < 1.29 is 9.53 Å². The van der Waals surface area contributed by atoms with E-state index in [0.29, 0.717) is 13.2 Å². The van der Waals surface area contributed by atoms with Crippen LogP contribution in [0.3, 0.4) is 0 Å². The number of hydrogen-bond donors (Lipinski definition) is 1. The highest BCUT2D eigenvalue weighted by Crippen LogP contribution is 2.39. The van der Waals surface area contributed by atoms with Crippen LogP contribution in [0.25, 0.3) is 11.5 Å². The summed E-state index contributed by atoms with van der Waals surface area (Å²) in [5.74, 6) is 1.79. The summed E-state index contributed by atoms with van der Waals surface area (Å²) in [6, 6.07) is 22.4. The second-order valence-electron chi connectivity index (χ2n) is 9.90. The Balaban J connectivity index is 1.52. The fourth-order valence-electron chi connectivity index (χ4n) is 5.77. The van der Waals surface area contributed by atoms with Crippen LogP contribution >= 0.6 is 0 Å². The van der Waals surface area contributed by atoms with Crippen LogP contribution in [0, 0.1) is 6.92 Å². The molecular weight excluding hydrogens is 462 g/mol. The van der Waals surface area contributed by atoms with Gasteiger partial charge in [0.1, 0.15) is 11.6 Å². The van der Waals surface area contributed by atoms with Gasteiger partial charge in [-0.05, 0) is 68.7 Å². The molecule has 3 heterocycles. The molecule has 1 aliphatic carbocycles. The number of nitrogens with one attached hydrogen (secondary N) is 1. The zero-order valence-electron chi connectivity index (χ0n) is 21.4. The molecule has 7 heteroatoms. The van der Waals surface area contributed by atoms with Crippen LogP contribution in [0.4, 0.5) is 4.79 Å². The Morgan fingerprint density at radius 3 is 2.65 bits per heavy atom. The van der Waals surface area contributed by atoms with E-state index in [4.69, 9.17) is 9.84 Å². The summed E-state index contributed by atoms with van der Waals surface area (Å²) in [5.41, 5.74) is 5.00. The molecule has 2 aliphatic rings. The van der Waals surface area contributed by atoms with Gasteiger partial charge < -0.3 is 19.5 Å². The number of rotatable bonds is 5. The number of carbonyl (C=O) groups is 1. The molecule has 6 rings (SSSR count). The fourth-order valence-corrected chi connectivity index (χ4v) is 5.77. The van der Waals surface area contributed by atoms with E-state index in [1.54, 1.807) is 0 Å². The minimum absolute atomic E-state index is 0.0359. The van der Waals surface area contributed by atoms with E-state index >= 15 is 0 Å². The molecule has 0 spiro atoms. The van der Waals surface area contributed by atoms with Crippen LogP contribution in [0.15, 0.2) is 72.9 Å². The molecule has 0 saturated heterocycles. The maximum absolute atomic E-state index is 14.0. The average Bonchev–Trinajstić information content (AvgIpc) is 3.64. The molecule has 2 amide bonds. The second-order valence-corrected chi connectivity index (χ2v) is 9.90. The van der Waals surface area contributed by atoms with Gasteiger partial charge in [0, 0.05) is 17.8 Å². The Morgan fingerprint density at radius 2 is 1.86 bits per heavy atom. The SMILES string of the molecule is CCOc1cccc([C@@H]2c3cccn3-c3c(c(C)nn3-c3ccccc3)CN2C(=O)NC2CCCC2)c1. The lowest BCUT2D eigenvalue weighted by Gasteiger charge is -2.32. The number of fused-ring (bicyclic) bond motifs is 3. The van der Waals surface area contributed by atoms with Gasteiger partial charge in [0.25, 0.3) is 0 Å². The number of ether oxygens (including phenoxy) is 1. The van der Waals surface area contributed by atoms with Crippen LogP contribution in [0.2, 0.25) is 0 Å². The van der Waals surface area contributed by atoms with E-state index in [1.165, 1.54) is 12.8 Å². The monoisotopic (exact) mass is 495 g/mol. The first-order valence-corrected chi connectivity index (χ1v) is 13.3. The van der Waals surface area contributed by atoms with Crippen molar-refractivity contribution in [3.05, 3.63) is 95.4 Å². The molecule has 0 radical (unpaired) electrons.